The number of rotatable bonds is 2. The lowest BCUT2D eigenvalue weighted by molar-refractivity contribution is 0.629. The fourth-order valence-corrected chi connectivity index (χ4v) is 1.66. The zero-order valence-corrected chi connectivity index (χ0v) is 8.05. The van der Waals surface area contributed by atoms with Gasteiger partial charge in [0, 0.05) is 17.1 Å². The lowest BCUT2D eigenvalue weighted by Gasteiger charge is -2.05. The topological polar surface area (TPSA) is 41.8 Å². The van der Waals surface area contributed by atoms with Crippen LogP contribution in [0.3, 0.4) is 0 Å². The van der Waals surface area contributed by atoms with Gasteiger partial charge in [-0.15, -0.1) is 0 Å². The SMILES string of the molecule is C[C@H](CN)c1c[nH]c2cc(F)ccc12. The van der Waals surface area contributed by atoms with Crippen LogP contribution in [-0.4, -0.2) is 11.5 Å². The predicted molar refractivity (Wildman–Crippen MR) is 55.7 cm³/mol. The van der Waals surface area contributed by atoms with Gasteiger partial charge in [-0.05, 0) is 36.2 Å². The molecular formula is C11H13FN2. The standard InChI is InChI=1S/C11H13FN2/c1-7(5-13)10-6-14-11-4-8(12)2-3-9(10)11/h2-4,6-7,14H,5,13H2,1H3/t7-/m1/s1. The Hall–Kier alpha value is -1.35. The van der Waals surface area contributed by atoms with Crippen LogP contribution < -0.4 is 5.73 Å². The van der Waals surface area contributed by atoms with E-state index in [0.717, 1.165) is 16.5 Å². The van der Waals surface area contributed by atoms with E-state index in [1.54, 1.807) is 6.07 Å². The number of halogens is 1. The number of nitrogens with two attached hydrogens (primary N) is 1. The zero-order valence-electron chi connectivity index (χ0n) is 8.05. The minimum absolute atomic E-state index is 0.216. The highest BCUT2D eigenvalue weighted by molar-refractivity contribution is 5.83. The molecule has 2 nitrogen and oxygen atoms in total. The van der Waals surface area contributed by atoms with Gasteiger partial charge in [0.25, 0.3) is 0 Å². The normalized spacial score (nSPS) is 13.4. The van der Waals surface area contributed by atoms with Gasteiger partial charge in [-0.1, -0.05) is 6.92 Å². The van der Waals surface area contributed by atoms with Crippen LogP contribution in [0.5, 0.6) is 0 Å². The number of benzene rings is 1. The fraction of sp³-hybridized carbons (Fsp3) is 0.273. The van der Waals surface area contributed by atoms with Crippen LogP contribution in [0.25, 0.3) is 10.9 Å². The smallest absolute Gasteiger partial charge is 0.125 e. The van der Waals surface area contributed by atoms with Crippen molar-refractivity contribution in [3.05, 3.63) is 35.8 Å². The monoisotopic (exact) mass is 192 g/mol. The molecule has 2 aromatic rings. The molecule has 0 aliphatic carbocycles. The summed E-state index contributed by atoms with van der Waals surface area (Å²) < 4.78 is 12.9. The van der Waals surface area contributed by atoms with Crippen LogP contribution in [0.1, 0.15) is 18.4 Å². The Bertz CT molecular complexity index is 447. The molecule has 1 atom stereocenters. The van der Waals surface area contributed by atoms with Crippen LogP contribution in [0.15, 0.2) is 24.4 Å². The minimum atomic E-state index is -0.216. The van der Waals surface area contributed by atoms with Gasteiger partial charge in [-0.25, -0.2) is 4.39 Å². The number of aromatic amines is 1. The summed E-state index contributed by atoms with van der Waals surface area (Å²) in [6, 6.07) is 4.77. The van der Waals surface area contributed by atoms with E-state index in [1.165, 1.54) is 12.1 Å². The van der Waals surface area contributed by atoms with Crippen molar-refractivity contribution in [2.24, 2.45) is 5.73 Å². The Morgan fingerprint density at radius 3 is 3.00 bits per heavy atom. The molecule has 0 radical (unpaired) electrons. The molecule has 2 rings (SSSR count). The Labute approximate surface area is 81.9 Å². The van der Waals surface area contributed by atoms with E-state index in [0.29, 0.717) is 12.5 Å². The molecule has 0 saturated heterocycles. The first-order valence-corrected chi connectivity index (χ1v) is 4.69. The molecule has 0 spiro atoms. The highest BCUT2D eigenvalue weighted by Gasteiger charge is 2.09. The lowest BCUT2D eigenvalue weighted by Crippen LogP contribution is -2.08. The van der Waals surface area contributed by atoms with Gasteiger partial charge in [0.2, 0.25) is 0 Å². The first-order valence-electron chi connectivity index (χ1n) is 4.69. The summed E-state index contributed by atoms with van der Waals surface area (Å²) in [6.07, 6.45) is 1.90. The van der Waals surface area contributed by atoms with Crippen molar-refractivity contribution in [3.8, 4) is 0 Å². The van der Waals surface area contributed by atoms with Crippen molar-refractivity contribution in [3.63, 3.8) is 0 Å². The van der Waals surface area contributed by atoms with Crippen molar-refractivity contribution < 1.29 is 4.39 Å². The number of fused-ring (bicyclic) bond motifs is 1. The molecule has 1 aromatic carbocycles. The number of nitrogens with one attached hydrogen (secondary N) is 1. The molecule has 1 aromatic heterocycles. The molecule has 14 heavy (non-hydrogen) atoms. The summed E-state index contributed by atoms with van der Waals surface area (Å²) in [5, 5.41) is 1.06. The predicted octanol–water partition coefficient (Wildman–Crippen LogP) is 2.37. The molecule has 0 amide bonds. The van der Waals surface area contributed by atoms with Crippen LogP contribution in [-0.2, 0) is 0 Å². The Kier molecular flexibility index (Phi) is 2.25. The summed E-state index contributed by atoms with van der Waals surface area (Å²) in [5.74, 6) is 0.0838. The molecule has 74 valence electrons. The Morgan fingerprint density at radius 2 is 2.29 bits per heavy atom. The Balaban J connectivity index is 2.58. The summed E-state index contributed by atoms with van der Waals surface area (Å²) in [6.45, 7) is 2.66. The second-order valence-corrected chi connectivity index (χ2v) is 3.57. The van der Waals surface area contributed by atoms with Crippen molar-refractivity contribution in [2.75, 3.05) is 6.54 Å². The highest BCUT2D eigenvalue weighted by atomic mass is 19.1. The lowest BCUT2D eigenvalue weighted by atomic mass is 10.0. The number of hydrogen-bond donors (Lipinski definition) is 2. The van der Waals surface area contributed by atoms with Gasteiger partial charge in [-0.2, -0.15) is 0 Å². The zero-order chi connectivity index (χ0) is 10.1. The summed E-state index contributed by atoms with van der Waals surface area (Å²) >= 11 is 0. The van der Waals surface area contributed by atoms with Crippen molar-refractivity contribution in [1.82, 2.24) is 4.98 Å². The van der Waals surface area contributed by atoms with Crippen molar-refractivity contribution in [2.45, 2.75) is 12.8 Å². The first-order chi connectivity index (χ1) is 6.72. The minimum Gasteiger partial charge on any atom is -0.361 e. The molecule has 3 heteroatoms. The largest absolute Gasteiger partial charge is 0.361 e. The van der Waals surface area contributed by atoms with Gasteiger partial charge in [0.15, 0.2) is 0 Å². The van der Waals surface area contributed by atoms with Crippen LogP contribution in [0.2, 0.25) is 0 Å². The second-order valence-electron chi connectivity index (χ2n) is 3.57. The van der Waals surface area contributed by atoms with Gasteiger partial charge >= 0.3 is 0 Å². The van der Waals surface area contributed by atoms with Crippen molar-refractivity contribution in [1.29, 1.82) is 0 Å². The maximum atomic E-state index is 12.9. The molecule has 0 bridgehead atoms. The third kappa shape index (κ3) is 1.40. The van der Waals surface area contributed by atoms with Gasteiger partial charge < -0.3 is 10.7 Å². The summed E-state index contributed by atoms with van der Waals surface area (Å²) in [4.78, 5) is 3.05. The second kappa shape index (κ2) is 3.42. The van der Waals surface area contributed by atoms with E-state index in [-0.39, 0.29) is 5.82 Å². The quantitative estimate of drug-likeness (QED) is 0.753. The third-order valence-corrected chi connectivity index (χ3v) is 2.56. The summed E-state index contributed by atoms with van der Waals surface area (Å²) in [5.41, 5.74) is 7.58. The summed E-state index contributed by atoms with van der Waals surface area (Å²) in [7, 11) is 0. The van der Waals surface area contributed by atoms with E-state index in [4.69, 9.17) is 5.73 Å². The fourth-order valence-electron chi connectivity index (χ4n) is 1.66. The van der Waals surface area contributed by atoms with Gasteiger partial charge in [0.05, 0.1) is 0 Å². The van der Waals surface area contributed by atoms with E-state index in [1.807, 2.05) is 6.20 Å². The van der Waals surface area contributed by atoms with Crippen molar-refractivity contribution >= 4 is 10.9 Å². The maximum Gasteiger partial charge on any atom is 0.125 e. The average molecular weight is 192 g/mol. The van der Waals surface area contributed by atoms with Crippen LogP contribution in [0.4, 0.5) is 4.39 Å². The molecule has 1 heterocycles. The molecule has 0 aliphatic rings. The average Bonchev–Trinajstić information content (AvgIpc) is 2.59. The highest BCUT2D eigenvalue weighted by Crippen LogP contribution is 2.25. The van der Waals surface area contributed by atoms with E-state index >= 15 is 0 Å². The van der Waals surface area contributed by atoms with E-state index in [2.05, 4.69) is 11.9 Å². The van der Waals surface area contributed by atoms with E-state index < -0.39 is 0 Å². The third-order valence-electron chi connectivity index (χ3n) is 2.56. The molecule has 0 unspecified atom stereocenters. The molecule has 0 fully saturated rings. The van der Waals surface area contributed by atoms with Gasteiger partial charge in [-0.3, -0.25) is 0 Å². The Morgan fingerprint density at radius 1 is 1.50 bits per heavy atom. The first kappa shape index (κ1) is 9.21. The number of aromatic nitrogens is 1. The van der Waals surface area contributed by atoms with Crippen LogP contribution in [0, 0.1) is 5.82 Å². The number of hydrogen-bond acceptors (Lipinski definition) is 1. The molecule has 3 N–H and O–H groups in total. The molecular weight excluding hydrogens is 179 g/mol. The number of H-pyrrole nitrogens is 1. The molecule has 0 aliphatic heterocycles. The van der Waals surface area contributed by atoms with E-state index in [9.17, 15) is 4.39 Å². The van der Waals surface area contributed by atoms with Gasteiger partial charge in [0.1, 0.15) is 5.82 Å². The maximum absolute atomic E-state index is 12.9. The van der Waals surface area contributed by atoms with Crippen LogP contribution >= 0.6 is 0 Å². The molecule has 0 saturated carbocycles.